The minimum absolute atomic E-state index is 0.311. The van der Waals surface area contributed by atoms with Gasteiger partial charge < -0.3 is 0 Å². The van der Waals surface area contributed by atoms with Gasteiger partial charge in [0.2, 0.25) is 0 Å². The number of thiophene rings is 1. The first-order chi connectivity index (χ1) is 16.1. The molecular formula is C25H23N5O2S. The predicted octanol–water partition coefficient (Wildman–Crippen LogP) is 4.20. The highest BCUT2D eigenvalue weighted by atomic mass is 32.1. The van der Waals surface area contributed by atoms with Crippen molar-refractivity contribution in [3.8, 4) is 16.9 Å². The Morgan fingerprint density at radius 3 is 2.70 bits per heavy atom. The van der Waals surface area contributed by atoms with Crippen LogP contribution >= 0.6 is 11.3 Å². The van der Waals surface area contributed by atoms with Gasteiger partial charge in [0.05, 0.1) is 16.1 Å². The molecule has 0 radical (unpaired) electrons. The number of amides is 2. The lowest BCUT2D eigenvalue weighted by molar-refractivity contribution is 0.0849. The number of nitrogens with zero attached hydrogens (tertiary/aromatic N) is 3. The number of carbonyl (C=O) groups is 2. The summed E-state index contributed by atoms with van der Waals surface area (Å²) in [4.78, 5) is 31.8. The molecule has 1 unspecified atom stereocenters. The van der Waals surface area contributed by atoms with Gasteiger partial charge in [-0.15, -0.1) is 11.3 Å². The molecule has 7 nitrogen and oxygen atoms in total. The van der Waals surface area contributed by atoms with Gasteiger partial charge in [0.15, 0.2) is 0 Å². The van der Waals surface area contributed by atoms with Crippen LogP contribution in [0, 0.1) is 5.92 Å². The maximum atomic E-state index is 13.1. The zero-order valence-electron chi connectivity index (χ0n) is 18.1. The predicted molar refractivity (Wildman–Crippen MR) is 127 cm³/mol. The molecule has 0 fully saturated rings. The Morgan fingerprint density at radius 1 is 1.09 bits per heavy atom. The Balaban J connectivity index is 1.37. The van der Waals surface area contributed by atoms with E-state index in [-0.39, 0.29) is 5.91 Å². The van der Waals surface area contributed by atoms with E-state index in [1.54, 1.807) is 29.3 Å². The molecule has 1 aliphatic rings. The Hall–Kier alpha value is -3.78. The van der Waals surface area contributed by atoms with Crippen LogP contribution in [0.5, 0.6) is 0 Å². The lowest BCUT2D eigenvalue weighted by Gasteiger charge is -2.16. The van der Waals surface area contributed by atoms with E-state index in [0.717, 1.165) is 24.9 Å². The quantitative estimate of drug-likeness (QED) is 0.450. The standard InChI is InChI=1S/C25H23N5O2S/c1-16-9-10-21-18(12-16)13-22(33-21)25(32)28-27-24(31)20-15-30(19-7-3-2-4-8-19)29-23(20)17-6-5-11-26-14-17/h2-8,11,13-16H,9-10,12H2,1H3,(H,27,31)(H,28,32). The third-order valence-electron chi connectivity index (χ3n) is 5.76. The van der Waals surface area contributed by atoms with Crippen LogP contribution in [0.3, 0.4) is 0 Å². The van der Waals surface area contributed by atoms with Crippen LogP contribution in [0.15, 0.2) is 67.1 Å². The molecule has 0 spiro atoms. The van der Waals surface area contributed by atoms with Gasteiger partial charge in [-0.3, -0.25) is 25.4 Å². The zero-order chi connectivity index (χ0) is 22.8. The average molecular weight is 458 g/mol. The summed E-state index contributed by atoms with van der Waals surface area (Å²) in [6.07, 6.45) is 8.13. The molecule has 3 heterocycles. The molecular weight excluding hydrogens is 434 g/mol. The van der Waals surface area contributed by atoms with Gasteiger partial charge in [-0.05, 0) is 61.1 Å². The third kappa shape index (κ3) is 4.42. The van der Waals surface area contributed by atoms with Gasteiger partial charge in [0.25, 0.3) is 11.8 Å². The summed E-state index contributed by atoms with van der Waals surface area (Å²) >= 11 is 1.51. The second kappa shape index (κ2) is 8.99. The maximum Gasteiger partial charge on any atom is 0.279 e. The van der Waals surface area contributed by atoms with E-state index in [1.807, 2.05) is 42.5 Å². The number of para-hydroxylation sites is 1. The lowest BCUT2D eigenvalue weighted by atomic mass is 9.90. The first kappa shape index (κ1) is 21.1. The molecule has 166 valence electrons. The number of fused-ring (bicyclic) bond motifs is 1. The number of pyridine rings is 1. The average Bonchev–Trinajstić information content (AvgIpc) is 3.48. The minimum Gasteiger partial charge on any atom is -0.267 e. The Morgan fingerprint density at radius 2 is 1.91 bits per heavy atom. The molecule has 0 saturated heterocycles. The molecule has 0 bridgehead atoms. The molecule has 2 N–H and O–H groups in total. The minimum atomic E-state index is -0.445. The van der Waals surface area contributed by atoms with Crippen LogP contribution in [0.4, 0.5) is 0 Å². The summed E-state index contributed by atoms with van der Waals surface area (Å²) in [6.45, 7) is 2.23. The molecule has 1 atom stereocenters. The highest BCUT2D eigenvalue weighted by molar-refractivity contribution is 7.14. The molecule has 2 amide bonds. The van der Waals surface area contributed by atoms with Gasteiger partial charge in [-0.2, -0.15) is 5.10 Å². The monoisotopic (exact) mass is 457 g/mol. The molecule has 0 saturated carbocycles. The summed E-state index contributed by atoms with van der Waals surface area (Å²) in [6, 6.07) is 15.1. The van der Waals surface area contributed by atoms with E-state index in [0.29, 0.717) is 27.6 Å². The van der Waals surface area contributed by atoms with E-state index in [1.165, 1.54) is 21.8 Å². The van der Waals surface area contributed by atoms with E-state index in [2.05, 4.69) is 27.9 Å². The van der Waals surface area contributed by atoms with Gasteiger partial charge in [-0.25, -0.2) is 4.68 Å². The van der Waals surface area contributed by atoms with Crippen molar-refractivity contribution >= 4 is 23.2 Å². The molecule has 3 aromatic heterocycles. The van der Waals surface area contributed by atoms with Crippen molar-refractivity contribution in [3.63, 3.8) is 0 Å². The SMILES string of the molecule is CC1CCc2sc(C(=O)NNC(=O)c3cn(-c4ccccc4)nc3-c3cccnc3)cc2C1. The summed E-state index contributed by atoms with van der Waals surface area (Å²) in [5.41, 5.74) is 8.73. The molecule has 5 rings (SSSR count). The number of aryl methyl sites for hydroxylation is 1. The molecule has 0 aliphatic heterocycles. The molecule has 33 heavy (non-hydrogen) atoms. The van der Waals surface area contributed by atoms with Crippen molar-refractivity contribution in [3.05, 3.63) is 88.0 Å². The highest BCUT2D eigenvalue weighted by Crippen LogP contribution is 2.32. The van der Waals surface area contributed by atoms with E-state index >= 15 is 0 Å². The number of hydrazine groups is 1. The lowest BCUT2D eigenvalue weighted by Crippen LogP contribution is -2.41. The van der Waals surface area contributed by atoms with Crippen LogP contribution in [0.1, 0.15) is 43.8 Å². The second-order valence-electron chi connectivity index (χ2n) is 8.23. The number of hydrogen-bond acceptors (Lipinski definition) is 5. The fourth-order valence-corrected chi connectivity index (χ4v) is 5.13. The number of rotatable bonds is 4. The van der Waals surface area contributed by atoms with Crippen molar-refractivity contribution in [1.82, 2.24) is 25.6 Å². The fraction of sp³-hybridized carbons (Fsp3) is 0.200. The Bertz CT molecular complexity index is 1300. The molecule has 4 aromatic rings. The fourth-order valence-electron chi connectivity index (χ4n) is 4.03. The first-order valence-corrected chi connectivity index (χ1v) is 11.7. The summed E-state index contributed by atoms with van der Waals surface area (Å²) in [5, 5.41) is 4.61. The van der Waals surface area contributed by atoms with Crippen LogP contribution < -0.4 is 10.9 Å². The van der Waals surface area contributed by atoms with Gasteiger partial charge >= 0.3 is 0 Å². The van der Waals surface area contributed by atoms with Gasteiger partial charge in [0, 0.05) is 29.0 Å². The van der Waals surface area contributed by atoms with E-state index in [9.17, 15) is 9.59 Å². The van der Waals surface area contributed by atoms with Crippen molar-refractivity contribution in [2.45, 2.75) is 26.2 Å². The van der Waals surface area contributed by atoms with Crippen molar-refractivity contribution < 1.29 is 9.59 Å². The first-order valence-electron chi connectivity index (χ1n) is 10.9. The molecule has 8 heteroatoms. The van der Waals surface area contributed by atoms with Crippen LogP contribution in [0.2, 0.25) is 0 Å². The van der Waals surface area contributed by atoms with Crippen molar-refractivity contribution in [2.24, 2.45) is 5.92 Å². The molecule has 1 aromatic carbocycles. The second-order valence-corrected chi connectivity index (χ2v) is 9.37. The smallest absolute Gasteiger partial charge is 0.267 e. The van der Waals surface area contributed by atoms with Crippen molar-refractivity contribution in [2.75, 3.05) is 0 Å². The van der Waals surface area contributed by atoms with Crippen LogP contribution in [-0.4, -0.2) is 26.6 Å². The highest BCUT2D eigenvalue weighted by Gasteiger charge is 2.22. The number of carbonyl (C=O) groups excluding carboxylic acids is 2. The van der Waals surface area contributed by atoms with Crippen molar-refractivity contribution in [1.29, 1.82) is 0 Å². The Kier molecular flexibility index (Phi) is 5.75. The number of aromatic nitrogens is 3. The molecule has 1 aliphatic carbocycles. The maximum absolute atomic E-state index is 13.1. The summed E-state index contributed by atoms with van der Waals surface area (Å²) < 4.78 is 1.65. The van der Waals surface area contributed by atoms with Crippen LogP contribution in [-0.2, 0) is 12.8 Å². The van der Waals surface area contributed by atoms with Crippen LogP contribution in [0.25, 0.3) is 16.9 Å². The largest absolute Gasteiger partial charge is 0.279 e. The zero-order valence-corrected chi connectivity index (χ0v) is 18.9. The number of benzene rings is 1. The summed E-state index contributed by atoms with van der Waals surface area (Å²) in [7, 11) is 0. The number of nitrogens with one attached hydrogen (secondary N) is 2. The Labute approximate surface area is 195 Å². The third-order valence-corrected chi connectivity index (χ3v) is 6.99. The number of hydrogen-bond donors (Lipinski definition) is 2. The summed E-state index contributed by atoms with van der Waals surface area (Å²) in [5.74, 6) is -0.122. The van der Waals surface area contributed by atoms with E-state index in [4.69, 9.17) is 0 Å². The van der Waals surface area contributed by atoms with Gasteiger partial charge in [-0.1, -0.05) is 25.1 Å². The van der Waals surface area contributed by atoms with E-state index < -0.39 is 5.91 Å². The van der Waals surface area contributed by atoms with Gasteiger partial charge in [0.1, 0.15) is 5.69 Å². The topological polar surface area (TPSA) is 88.9 Å². The normalized spacial score (nSPS) is 15.0.